The summed E-state index contributed by atoms with van der Waals surface area (Å²) in [4.78, 5) is 17.0. The van der Waals surface area contributed by atoms with E-state index in [2.05, 4.69) is 11.5 Å². The highest BCUT2D eigenvalue weighted by molar-refractivity contribution is 5.84. The van der Waals surface area contributed by atoms with Crippen molar-refractivity contribution < 1.29 is 9.63 Å². The van der Waals surface area contributed by atoms with E-state index in [0.29, 0.717) is 19.4 Å². The molecule has 0 aliphatic heterocycles. The van der Waals surface area contributed by atoms with Gasteiger partial charge in [-0.2, -0.15) is 5.26 Å². The minimum Gasteiger partial charge on any atom is -0.271 e. The molecule has 1 amide bonds. The number of rotatable bonds is 6. The summed E-state index contributed by atoms with van der Waals surface area (Å²) in [7, 11) is 0. The number of nitriles is 1. The van der Waals surface area contributed by atoms with E-state index in [0.717, 1.165) is 5.56 Å². The average Bonchev–Trinajstić information content (AvgIpc) is 2.42. The highest BCUT2D eigenvalue weighted by Crippen LogP contribution is 2.25. The number of benzene rings is 1. The quantitative estimate of drug-likeness (QED) is 0.785. The molecule has 0 spiro atoms. The van der Waals surface area contributed by atoms with E-state index in [1.165, 1.54) is 0 Å². The molecule has 0 aromatic heterocycles. The fourth-order valence-corrected chi connectivity index (χ4v) is 1.64. The zero-order chi connectivity index (χ0) is 13.4. The van der Waals surface area contributed by atoms with Crippen molar-refractivity contribution in [1.29, 1.82) is 5.26 Å². The lowest BCUT2D eigenvalue weighted by atomic mass is 9.83. The van der Waals surface area contributed by atoms with Crippen molar-refractivity contribution >= 4 is 5.91 Å². The van der Waals surface area contributed by atoms with Crippen LogP contribution in [-0.4, -0.2) is 5.91 Å². The first-order valence-electron chi connectivity index (χ1n) is 6.06. The Labute approximate surface area is 108 Å². The van der Waals surface area contributed by atoms with Crippen molar-refractivity contribution in [2.24, 2.45) is 5.41 Å². The summed E-state index contributed by atoms with van der Waals surface area (Å²) in [6.07, 6.45) is 0.945. The monoisotopic (exact) mass is 246 g/mol. The van der Waals surface area contributed by atoms with Gasteiger partial charge < -0.3 is 0 Å². The van der Waals surface area contributed by atoms with E-state index in [4.69, 9.17) is 10.1 Å². The molecule has 0 atom stereocenters. The molecule has 0 saturated carbocycles. The molecule has 0 bridgehead atoms. The van der Waals surface area contributed by atoms with Gasteiger partial charge in [0.05, 0.1) is 12.7 Å². The number of nitrogens with zero attached hydrogens (tertiary/aromatic N) is 1. The second-order valence-corrected chi connectivity index (χ2v) is 4.11. The van der Waals surface area contributed by atoms with Gasteiger partial charge in [0.2, 0.25) is 0 Å². The summed E-state index contributed by atoms with van der Waals surface area (Å²) in [5.74, 6) is -0.370. The van der Waals surface area contributed by atoms with Gasteiger partial charge in [0.25, 0.3) is 5.91 Å². The molecule has 0 radical (unpaired) electrons. The molecule has 1 N–H and O–H groups in total. The number of hydrogen-bond donors (Lipinski definition) is 1. The molecule has 1 aromatic carbocycles. The van der Waals surface area contributed by atoms with Crippen LogP contribution in [0.1, 0.15) is 32.3 Å². The number of carbonyl (C=O) groups excluding carboxylic acids is 1. The van der Waals surface area contributed by atoms with Crippen LogP contribution in [0.2, 0.25) is 0 Å². The summed E-state index contributed by atoms with van der Waals surface area (Å²) in [6, 6.07) is 11.6. The zero-order valence-electron chi connectivity index (χ0n) is 10.8. The molecule has 0 heterocycles. The summed E-state index contributed by atoms with van der Waals surface area (Å²) in [5, 5.41) is 9.10. The Bertz CT molecular complexity index is 419. The van der Waals surface area contributed by atoms with Crippen molar-refractivity contribution in [3.05, 3.63) is 35.9 Å². The molecule has 1 aromatic rings. The molecule has 1 rings (SSSR count). The van der Waals surface area contributed by atoms with Crippen LogP contribution in [0.5, 0.6) is 0 Å². The van der Waals surface area contributed by atoms with E-state index in [1.54, 1.807) is 0 Å². The number of hydrogen-bond acceptors (Lipinski definition) is 3. The Morgan fingerprint density at radius 1 is 1.33 bits per heavy atom. The number of hydroxylamine groups is 1. The Balaban J connectivity index is 2.49. The Morgan fingerprint density at radius 2 is 1.94 bits per heavy atom. The molecule has 0 saturated heterocycles. The van der Waals surface area contributed by atoms with Crippen LogP contribution in [0.15, 0.2) is 30.3 Å². The average molecular weight is 246 g/mol. The van der Waals surface area contributed by atoms with Crippen molar-refractivity contribution in [3.8, 4) is 6.07 Å². The molecule has 0 unspecified atom stereocenters. The third kappa shape index (κ3) is 3.31. The minimum atomic E-state index is -0.989. The molecule has 0 aliphatic rings. The lowest BCUT2D eigenvalue weighted by molar-refractivity contribution is -0.142. The molecule has 0 fully saturated rings. The highest BCUT2D eigenvalue weighted by Gasteiger charge is 2.35. The number of amides is 1. The predicted octanol–water partition coefficient (Wildman–Crippen LogP) is 2.56. The fraction of sp³-hybridized carbons (Fsp3) is 0.429. The molecular weight excluding hydrogens is 228 g/mol. The van der Waals surface area contributed by atoms with Crippen molar-refractivity contribution in [2.75, 3.05) is 0 Å². The zero-order valence-corrected chi connectivity index (χ0v) is 10.8. The normalized spacial score (nSPS) is 10.7. The summed E-state index contributed by atoms with van der Waals surface area (Å²) in [5.41, 5.74) is 2.34. The van der Waals surface area contributed by atoms with Crippen LogP contribution in [0.3, 0.4) is 0 Å². The van der Waals surface area contributed by atoms with E-state index < -0.39 is 5.41 Å². The highest BCUT2D eigenvalue weighted by atomic mass is 16.6. The molecule has 0 aliphatic carbocycles. The first kappa shape index (κ1) is 14.2. The largest absolute Gasteiger partial charge is 0.271 e. The maximum absolute atomic E-state index is 11.9. The van der Waals surface area contributed by atoms with Crippen LogP contribution in [0.25, 0.3) is 0 Å². The minimum absolute atomic E-state index is 0.293. The van der Waals surface area contributed by atoms with Crippen molar-refractivity contribution in [2.45, 2.75) is 33.3 Å². The van der Waals surface area contributed by atoms with Crippen LogP contribution < -0.4 is 5.48 Å². The first-order valence-corrected chi connectivity index (χ1v) is 6.06. The van der Waals surface area contributed by atoms with Gasteiger partial charge in [-0.3, -0.25) is 9.63 Å². The second-order valence-electron chi connectivity index (χ2n) is 4.11. The molecule has 4 nitrogen and oxygen atoms in total. The maximum atomic E-state index is 11.9. The molecule has 96 valence electrons. The van der Waals surface area contributed by atoms with E-state index >= 15 is 0 Å². The van der Waals surface area contributed by atoms with Crippen LogP contribution in [-0.2, 0) is 16.2 Å². The van der Waals surface area contributed by atoms with E-state index in [-0.39, 0.29) is 5.91 Å². The first-order chi connectivity index (χ1) is 8.68. The summed E-state index contributed by atoms with van der Waals surface area (Å²) >= 11 is 0. The lowest BCUT2D eigenvalue weighted by Gasteiger charge is -2.21. The molecule has 4 heteroatoms. The van der Waals surface area contributed by atoms with Gasteiger partial charge in [-0.15, -0.1) is 0 Å². The van der Waals surface area contributed by atoms with Crippen LogP contribution >= 0.6 is 0 Å². The second kappa shape index (κ2) is 6.77. The lowest BCUT2D eigenvalue weighted by Crippen LogP contribution is -2.39. The van der Waals surface area contributed by atoms with Crippen LogP contribution in [0.4, 0.5) is 0 Å². The van der Waals surface area contributed by atoms with Gasteiger partial charge in [-0.1, -0.05) is 44.2 Å². The molecular formula is C14H18N2O2. The Morgan fingerprint density at radius 3 is 2.44 bits per heavy atom. The van der Waals surface area contributed by atoms with Gasteiger partial charge in [0, 0.05) is 0 Å². The fourth-order valence-electron chi connectivity index (χ4n) is 1.64. The summed E-state index contributed by atoms with van der Waals surface area (Å²) in [6.45, 7) is 3.94. The van der Waals surface area contributed by atoms with E-state index in [1.807, 2.05) is 44.2 Å². The smallest absolute Gasteiger partial charge is 0.263 e. The van der Waals surface area contributed by atoms with Gasteiger partial charge in [-0.05, 0) is 18.4 Å². The van der Waals surface area contributed by atoms with Crippen molar-refractivity contribution in [1.82, 2.24) is 5.48 Å². The third-order valence-electron chi connectivity index (χ3n) is 3.10. The van der Waals surface area contributed by atoms with Gasteiger partial charge in [0.1, 0.15) is 5.41 Å². The standard InChI is InChI=1S/C14H18N2O2/c1-3-14(4-2,11-15)13(17)16-18-10-12-8-6-5-7-9-12/h5-9H,3-4,10H2,1-2H3,(H,16,17). The van der Waals surface area contributed by atoms with E-state index in [9.17, 15) is 4.79 Å². The van der Waals surface area contributed by atoms with Gasteiger partial charge >= 0.3 is 0 Å². The van der Waals surface area contributed by atoms with Crippen molar-refractivity contribution in [3.63, 3.8) is 0 Å². The number of carbonyl (C=O) groups is 1. The topological polar surface area (TPSA) is 62.1 Å². The van der Waals surface area contributed by atoms with Gasteiger partial charge in [-0.25, -0.2) is 5.48 Å². The van der Waals surface area contributed by atoms with Gasteiger partial charge in [0.15, 0.2) is 0 Å². The Kier molecular flexibility index (Phi) is 5.34. The SMILES string of the molecule is CCC(C#N)(CC)C(=O)NOCc1ccccc1. The van der Waals surface area contributed by atoms with Crippen LogP contribution in [0, 0.1) is 16.7 Å². The Hall–Kier alpha value is -1.86. The maximum Gasteiger partial charge on any atom is 0.263 e. The number of nitrogens with one attached hydrogen (secondary N) is 1. The molecule has 18 heavy (non-hydrogen) atoms. The predicted molar refractivity (Wildman–Crippen MR) is 68.0 cm³/mol. The summed E-state index contributed by atoms with van der Waals surface area (Å²) < 4.78 is 0. The third-order valence-corrected chi connectivity index (χ3v) is 3.10.